The molecule has 0 radical (unpaired) electrons. The molecule has 16 heavy (non-hydrogen) atoms. The summed E-state index contributed by atoms with van der Waals surface area (Å²) in [5.74, 6) is 0.180. The van der Waals surface area contributed by atoms with Crippen molar-refractivity contribution in [2.75, 3.05) is 25.6 Å². The Balaban J connectivity index is 2.20. The zero-order chi connectivity index (χ0) is 11.5. The molecule has 0 saturated carbocycles. The number of hydrogen-bond donors (Lipinski definition) is 1. The van der Waals surface area contributed by atoms with Gasteiger partial charge in [0.05, 0.1) is 5.69 Å². The van der Waals surface area contributed by atoms with Gasteiger partial charge in [-0.1, -0.05) is 12.1 Å². The summed E-state index contributed by atoms with van der Waals surface area (Å²) in [6.07, 6.45) is 0.604. The van der Waals surface area contributed by atoms with Gasteiger partial charge >= 0.3 is 0 Å². The number of amides is 1. The van der Waals surface area contributed by atoms with Crippen molar-refractivity contribution in [3.8, 4) is 0 Å². The minimum atomic E-state index is 0.180. The number of rotatable bonds is 3. The maximum atomic E-state index is 11.4. The van der Waals surface area contributed by atoms with Crippen LogP contribution >= 0.6 is 0 Å². The highest BCUT2D eigenvalue weighted by atomic mass is 16.2. The first-order valence-electron chi connectivity index (χ1n) is 5.50. The summed E-state index contributed by atoms with van der Waals surface area (Å²) in [6, 6.07) is 8.26. The Hall–Kier alpha value is -1.55. The van der Waals surface area contributed by atoms with Gasteiger partial charge in [-0.2, -0.15) is 0 Å². The SMILES string of the molecule is CNCc1cccc(N2CCC(=O)N2C)c1. The van der Waals surface area contributed by atoms with Crippen LogP contribution in [0.2, 0.25) is 0 Å². The summed E-state index contributed by atoms with van der Waals surface area (Å²) in [7, 11) is 3.75. The predicted octanol–water partition coefficient (Wildman–Crippen LogP) is 0.989. The van der Waals surface area contributed by atoms with Gasteiger partial charge in [0.15, 0.2) is 0 Å². The Morgan fingerprint density at radius 1 is 1.44 bits per heavy atom. The summed E-state index contributed by atoms with van der Waals surface area (Å²) in [4.78, 5) is 11.4. The smallest absolute Gasteiger partial charge is 0.242 e. The van der Waals surface area contributed by atoms with E-state index >= 15 is 0 Å². The third-order valence-corrected chi connectivity index (χ3v) is 2.85. The third kappa shape index (κ3) is 2.02. The van der Waals surface area contributed by atoms with Crippen LogP contribution in [0, 0.1) is 0 Å². The lowest BCUT2D eigenvalue weighted by atomic mass is 10.2. The minimum absolute atomic E-state index is 0.180. The number of hydrogen-bond acceptors (Lipinski definition) is 3. The molecule has 1 saturated heterocycles. The van der Waals surface area contributed by atoms with Crippen LogP contribution in [-0.2, 0) is 11.3 Å². The molecular formula is C12H17N3O. The van der Waals surface area contributed by atoms with Crippen molar-refractivity contribution in [1.82, 2.24) is 10.3 Å². The van der Waals surface area contributed by atoms with Crippen molar-refractivity contribution >= 4 is 11.6 Å². The molecule has 0 atom stereocenters. The van der Waals surface area contributed by atoms with Gasteiger partial charge in [-0.3, -0.25) is 14.8 Å². The molecule has 0 spiro atoms. The fourth-order valence-electron chi connectivity index (χ4n) is 1.98. The van der Waals surface area contributed by atoms with Crippen molar-refractivity contribution in [3.05, 3.63) is 29.8 Å². The van der Waals surface area contributed by atoms with Crippen molar-refractivity contribution in [2.24, 2.45) is 0 Å². The molecule has 1 aromatic carbocycles. The molecule has 0 aromatic heterocycles. The number of nitrogens with zero attached hydrogens (tertiary/aromatic N) is 2. The number of carbonyl (C=O) groups is 1. The second kappa shape index (κ2) is 4.53. The number of nitrogens with one attached hydrogen (secondary N) is 1. The number of hydrazine groups is 1. The van der Waals surface area contributed by atoms with Crippen molar-refractivity contribution in [2.45, 2.75) is 13.0 Å². The summed E-state index contributed by atoms with van der Waals surface area (Å²) >= 11 is 0. The lowest BCUT2D eigenvalue weighted by Crippen LogP contribution is -2.35. The molecular weight excluding hydrogens is 202 g/mol. The highest BCUT2D eigenvalue weighted by Gasteiger charge is 2.25. The monoisotopic (exact) mass is 219 g/mol. The molecule has 1 aliphatic heterocycles. The molecule has 2 rings (SSSR count). The largest absolute Gasteiger partial charge is 0.316 e. The van der Waals surface area contributed by atoms with Crippen molar-refractivity contribution in [1.29, 1.82) is 0 Å². The van der Waals surface area contributed by atoms with Crippen molar-refractivity contribution < 1.29 is 4.79 Å². The number of anilines is 1. The van der Waals surface area contributed by atoms with Gasteiger partial charge in [-0.05, 0) is 24.7 Å². The van der Waals surface area contributed by atoms with E-state index in [0.29, 0.717) is 6.42 Å². The van der Waals surface area contributed by atoms with E-state index in [-0.39, 0.29) is 5.91 Å². The molecule has 0 unspecified atom stereocenters. The van der Waals surface area contributed by atoms with Gasteiger partial charge in [0.2, 0.25) is 5.91 Å². The first kappa shape index (κ1) is 11.0. The quantitative estimate of drug-likeness (QED) is 0.823. The Morgan fingerprint density at radius 2 is 2.25 bits per heavy atom. The molecule has 1 aliphatic rings. The first-order valence-corrected chi connectivity index (χ1v) is 5.50. The first-order chi connectivity index (χ1) is 7.72. The highest BCUT2D eigenvalue weighted by Crippen LogP contribution is 2.22. The molecule has 0 aliphatic carbocycles. The van der Waals surface area contributed by atoms with Crippen LogP contribution in [0.15, 0.2) is 24.3 Å². The summed E-state index contributed by atoms with van der Waals surface area (Å²) in [5.41, 5.74) is 2.31. The normalized spacial score (nSPS) is 16.0. The van der Waals surface area contributed by atoms with E-state index in [9.17, 15) is 4.79 Å². The van der Waals surface area contributed by atoms with Gasteiger partial charge < -0.3 is 5.32 Å². The fraction of sp³-hybridized carbons (Fsp3) is 0.417. The molecule has 1 fully saturated rings. The maximum absolute atomic E-state index is 11.4. The van der Waals surface area contributed by atoms with Gasteiger partial charge in [0.1, 0.15) is 0 Å². The van der Waals surface area contributed by atoms with Crippen LogP contribution in [0.3, 0.4) is 0 Å². The van der Waals surface area contributed by atoms with E-state index < -0.39 is 0 Å². The average molecular weight is 219 g/mol. The molecule has 4 nitrogen and oxygen atoms in total. The summed E-state index contributed by atoms with van der Waals surface area (Å²) < 4.78 is 0. The lowest BCUT2D eigenvalue weighted by Gasteiger charge is -2.26. The van der Waals surface area contributed by atoms with E-state index in [1.165, 1.54) is 5.56 Å². The summed E-state index contributed by atoms with van der Waals surface area (Å²) in [5, 5.41) is 6.83. The van der Waals surface area contributed by atoms with Crippen LogP contribution in [0.25, 0.3) is 0 Å². The van der Waals surface area contributed by atoms with Gasteiger partial charge in [-0.25, -0.2) is 0 Å². The molecule has 1 amide bonds. The summed E-state index contributed by atoms with van der Waals surface area (Å²) in [6.45, 7) is 1.62. The maximum Gasteiger partial charge on any atom is 0.242 e. The average Bonchev–Trinajstić information content (AvgIpc) is 2.61. The Morgan fingerprint density at radius 3 is 2.88 bits per heavy atom. The highest BCUT2D eigenvalue weighted by molar-refractivity contribution is 5.81. The van der Waals surface area contributed by atoms with E-state index in [4.69, 9.17) is 0 Å². The van der Waals surface area contributed by atoms with Crippen LogP contribution in [0.1, 0.15) is 12.0 Å². The van der Waals surface area contributed by atoms with Gasteiger partial charge in [-0.15, -0.1) is 0 Å². The minimum Gasteiger partial charge on any atom is -0.316 e. The fourth-order valence-corrected chi connectivity index (χ4v) is 1.98. The number of benzene rings is 1. The van der Waals surface area contributed by atoms with Crippen LogP contribution in [-0.4, -0.2) is 31.6 Å². The topological polar surface area (TPSA) is 35.6 Å². The molecule has 1 N–H and O–H groups in total. The second-order valence-corrected chi connectivity index (χ2v) is 3.99. The van der Waals surface area contributed by atoms with Crippen LogP contribution < -0.4 is 10.3 Å². The van der Waals surface area contributed by atoms with Crippen LogP contribution in [0.4, 0.5) is 5.69 Å². The molecule has 1 aromatic rings. The molecule has 4 heteroatoms. The predicted molar refractivity (Wildman–Crippen MR) is 63.9 cm³/mol. The Kier molecular flexibility index (Phi) is 3.10. The number of carbonyl (C=O) groups excluding carboxylic acids is 1. The van der Waals surface area contributed by atoms with E-state index in [1.54, 1.807) is 5.01 Å². The van der Waals surface area contributed by atoms with E-state index in [1.807, 2.05) is 31.2 Å². The zero-order valence-corrected chi connectivity index (χ0v) is 9.73. The molecule has 0 bridgehead atoms. The Labute approximate surface area is 95.8 Å². The van der Waals surface area contributed by atoms with Gasteiger partial charge in [0.25, 0.3) is 0 Å². The van der Waals surface area contributed by atoms with Crippen LogP contribution in [0.5, 0.6) is 0 Å². The second-order valence-electron chi connectivity index (χ2n) is 3.99. The standard InChI is InChI=1S/C12H17N3O/c1-13-9-10-4-3-5-11(8-10)15-7-6-12(16)14(15)2/h3-5,8,13H,6-7,9H2,1-2H3. The van der Waals surface area contributed by atoms with Gasteiger partial charge in [0, 0.05) is 26.6 Å². The zero-order valence-electron chi connectivity index (χ0n) is 9.73. The molecule has 1 heterocycles. The van der Waals surface area contributed by atoms with E-state index in [0.717, 1.165) is 18.8 Å². The van der Waals surface area contributed by atoms with Crippen molar-refractivity contribution in [3.63, 3.8) is 0 Å². The lowest BCUT2D eigenvalue weighted by molar-refractivity contribution is -0.126. The van der Waals surface area contributed by atoms with E-state index in [2.05, 4.69) is 17.4 Å². The third-order valence-electron chi connectivity index (χ3n) is 2.85. The molecule has 86 valence electrons. The Bertz CT molecular complexity index is 392.